The highest BCUT2D eigenvalue weighted by Gasteiger charge is 2.56. The Bertz CT molecular complexity index is 1410. The molecule has 1 unspecified atom stereocenters. The average molecular weight is 574 g/mol. The molecule has 0 saturated carbocycles. The van der Waals surface area contributed by atoms with Crippen molar-refractivity contribution in [3.8, 4) is 12.3 Å². The normalized spacial score (nSPS) is 22.7. The molecular formula is C26H28ClN5O8. The molecule has 1 aliphatic heterocycles. The smallest absolute Gasteiger partial charge is 0.373 e. The molecule has 1 aromatic carbocycles. The predicted molar refractivity (Wildman–Crippen MR) is 140 cm³/mol. The van der Waals surface area contributed by atoms with Gasteiger partial charge in [-0.05, 0) is 31.0 Å². The number of fused-ring (bicyclic) bond motifs is 1. The Labute approximate surface area is 234 Å². The zero-order valence-corrected chi connectivity index (χ0v) is 22.6. The van der Waals surface area contributed by atoms with Crippen LogP contribution in [0.25, 0.3) is 11.2 Å². The first-order chi connectivity index (χ1) is 19.0. The number of carbonyl (C=O) groups excluding carboxylic acids is 2. The lowest BCUT2D eigenvalue weighted by atomic mass is 9.93. The molecule has 4 rings (SSSR count). The van der Waals surface area contributed by atoms with Crippen LogP contribution in [0.15, 0.2) is 36.7 Å². The Kier molecular flexibility index (Phi) is 9.94. The van der Waals surface area contributed by atoms with Gasteiger partial charge in [0.25, 0.3) is 0 Å². The van der Waals surface area contributed by atoms with E-state index in [2.05, 4.69) is 20.9 Å². The van der Waals surface area contributed by atoms with E-state index < -0.39 is 36.1 Å². The third kappa shape index (κ3) is 6.29. The Morgan fingerprint density at radius 1 is 1.30 bits per heavy atom. The lowest BCUT2D eigenvalue weighted by Crippen LogP contribution is -2.48. The molecule has 0 amide bonds. The second-order valence-corrected chi connectivity index (χ2v) is 9.55. The fourth-order valence-electron chi connectivity index (χ4n) is 4.12. The first kappa shape index (κ1) is 30.6. The number of terminal acetylenes is 1. The minimum absolute atomic E-state index is 0.0402. The summed E-state index contributed by atoms with van der Waals surface area (Å²) in [5.41, 5.74) is -0.740. The fraction of sp³-hybridized carbons (Fsp3) is 0.423. The van der Waals surface area contributed by atoms with Crippen molar-refractivity contribution in [1.82, 2.24) is 19.5 Å². The fourth-order valence-corrected chi connectivity index (χ4v) is 4.28. The molecule has 1 fully saturated rings. The molecule has 2 aromatic heterocycles. The van der Waals surface area contributed by atoms with Gasteiger partial charge in [0.05, 0.1) is 12.9 Å². The molecule has 14 heteroatoms. The number of halogens is 1. The van der Waals surface area contributed by atoms with Crippen LogP contribution < -0.4 is 4.90 Å². The van der Waals surface area contributed by atoms with Crippen molar-refractivity contribution in [3.05, 3.63) is 47.5 Å². The van der Waals surface area contributed by atoms with E-state index in [-0.39, 0.29) is 36.2 Å². The van der Waals surface area contributed by atoms with Gasteiger partial charge in [0.2, 0.25) is 5.28 Å². The van der Waals surface area contributed by atoms with E-state index in [1.54, 1.807) is 24.3 Å². The van der Waals surface area contributed by atoms with Crippen molar-refractivity contribution in [2.45, 2.75) is 56.5 Å². The van der Waals surface area contributed by atoms with Crippen molar-refractivity contribution in [2.75, 3.05) is 18.6 Å². The molecule has 0 spiro atoms. The number of hydrogen-bond donors (Lipinski definition) is 3. The van der Waals surface area contributed by atoms with Crippen molar-refractivity contribution in [3.63, 3.8) is 0 Å². The number of benzene rings is 1. The Morgan fingerprint density at radius 3 is 2.52 bits per heavy atom. The third-order valence-electron chi connectivity index (χ3n) is 6.49. The van der Waals surface area contributed by atoms with Crippen LogP contribution in [0.4, 0.5) is 5.82 Å². The highest BCUT2D eigenvalue weighted by Crippen LogP contribution is 2.39. The summed E-state index contributed by atoms with van der Waals surface area (Å²) in [5, 5.41) is 31.8. The van der Waals surface area contributed by atoms with Crippen molar-refractivity contribution in [1.29, 1.82) is 0 Å². The number of aliphatic carboxylic acids is 1. The number of carbonyl (C=O) groups is 1. The summed E-state index contributed by atoms with van der Waals surface area (Å²) >= 11 is 6.19. The van der Waals surface area contributed by atoms with E-state index in [9.17, 15) is 20.1 Å². The second-order valence-electron chi connectivity index (χ2n) is 9.21. The maximum atomic E-state index is 11.8. The molecule has 3 N–H and O–H groups in total. The van der Waals surface area contributed by atoms with Crippen molar-refractivity contribution < 1.29 is 39.2 Å². The number of nitrogens with zero attached hydrogens (tertiary/aromatic N) is 5. The van der Waals surface area contributed by atoms with Crippen LogP contribution >= 0.6 is 11.6 Å². The molecule has 1 saturated heterocycles. The third-order valence-corrected chi connectivity index (χ3v) is 6.66. The summed E-state index contributed by atoms with van der Waals surface area (Å²) in [6, 6.07) is 9.06. The Morgan fingerprint density at radius 2 is 1.95 bits per heavy atom. The maximum absolute atomic E-state index is 11.8. The van der Waals surface area contributed by atoms with Crippen molar-refractivity contribution >= 4 is 40.7 Å². The molecule has 40 heavy (non-hydrogen) atoms. The van der Waals surface area contributed by atoms with Gasteiger partial charge in [0.1, 0.15) is 12.2 Å². The summed E-state index contributed by atoms with van der Waals surface area (Å²) < 4.78 is 13.0. The van der Waals surface area contributed by atoms with Crippen molar-refractivity contribution in [2.24, 2.45) is 0 Å². The van der Waals surface area contributed by atoms with Gasteiger partial charge in [-0.2, -0.15) is 19.6 Å². The number of imidazole rings is 1. The zero-order chi connectivity index (χ0) is 29.6. The quantitative estimate of drug-likeness (QED) is 0.245. The van der Waals surface area contributed by atoms with E-state index in [1.165, 1.54) is 10.9 Å². The van der Waals surface area contributed by atoms with Gasteiger partial charge < -0.3 is 29.7 Å². The van der Waals surface area contributed by atoms with Crippen LogP contribution in [0.3, 0.4) is 0 Å². The number of carboxylic acid groups (broad SMARTS) is 1. The minimum atomic E-state index is -2.18. The molecule has 212 valence electrons. The van der Waals surface area contributed by atoms with Gasteiger partial charge in [-0.1, -0.05) is 36.3 Å². The Balaban J connectivity index is 0.00000141. The SMILES string of the molecule is C#C[C@@]1(O)[C@@H](COC(Cc2ccccc2)C(=O)O)O[C@@H](n2cnc3c(N(C)C(C)C)nc(Cl)nc32)[C@@H]1O.O=C=O. The first-order valence-corrected chi connectivity index (χ1v) is 12.4. The molecule has 1 aliphatic rings. The molecular weight excluding hydrogens is 546 g/mol. The van der Waals surface area contributed by atoms with E-state index in [0.717, 1.165) is 5.56 Å². The van der Waals surface area contributed by atoms with E-state index in [1.807, 2.05) is 31.9 Å². The van der Waals surface area contributed by atoms with Crippen LogP contribution in [0.2, 0.25) is 5.28 Å². The van der Waals surface area contributed by atoms with E-state index in [4.69, 9.17) is 37.1 Å². The molecule has 3 heterocycles. The van der Waals surface area contributed by atoms with Gasteiger partial charge in [-0.25, -0.2) is 9.78 Å². The largest absolute Gasteiger partial charge is 0.479 e. The van der Waals surface area contributed by atoms with Crippen LogP contribution in [0.1, 0.15) is 25.6 Å². The first-order valence-electron chi connectivity index (χ1n) is 12.0. The second kappa shape index (κ2) is 13.0. The number of hydrogen-bond acceptors (Lipinski definition) is 11. The summed E-state index contributed by atoms with van der Waals surface area (Å²) in [4.78, 5) is 42.9. The van der Waals surface area contributed by atoms with Gasteiger partial charge in [0, 0.05) is 19.5 Å². The summed E-state index contributed by atoms with van der Waals surface area (Å²) in [6.45, 7) is 3.56. The highest BCUT2D eigenvalue weighted by atomic mass is 35.5. The van der Waals surface area contributed by atoms with E-state index in [0.29, 0.717) is 11.3 Å². The van der Waals surface area contributed by atoms with Gasteiger partial charge in [0.15, 0.2) is 34.9 Å². The van der Waals surface area contributed by atoms with Crippen LogP contribution in [0, 0.1) is 12.3 Å². The van der Waals surface area contributed by atoms with Crippen LogP contribution in [-0.4, -0.2) is 90.6 Å². The summed E-state index contributed by atoms with van der Waals surface area (Å²) in [7, 11) is 1.83. The highest BCUT2D eigenvalue weighted by molar-refractivity contribution is 6.28. The number of rotatable bonds is 9. The topological polar surface area (TPSA) is 177 Å². The number of carboxylic acids is 1. The number of aromatic nitrogens is 4. The number of aliphatic hydroxyl groups is 2. The van der Waals surface area contributed by atoms with Crippen LogP contribution in [-0.2, 0) is 30.3 Å². The lowest BCUT2D eigenvalue weighted by Gasteiger charge is -2.26. The Hall–Kier alpha value is -3.89. The molecule has 5 atom stereocenters. The maximum Gasteiger partial charge on any atom is 0.373 e. The number of anilines is 1. The average Bonchev–Trinajstić information content (AvgIpc) is 3.45. The molecule has 13 nitrogen and oxygen atoms in total. The zero-order valence-electron chi connectivity index (χ0n) is 21.8. The predicted octanol–water partition coefficient (Wildman–Crippen LogP) is 1.08. The molecule has 0 radical (unpaired) electrons. The minimum Gasteiger partial charge on any atom is -0.479 e. The molecule has 0 aliphatic carbocycles. The molecule has 0 bridgehead atoms. The van der Waals surface area contributed by atoms with Gasteiger partial charge in [-0.3, -0.25) is 4.57 Å². The van der Waals surface area contributed by atoms with Gasteiger partial charge in [-0.15, -0.1) is 6.42 Å². The monoisotopic (exact) mass is 573 g/mol. The van der Waals surface area contributed by atoms with Gasteiger partial charge >= 0.3 is 12.1 Å². The summed E-state index contributed by atoms with van der Waals surface area (Å²) in [5.74, 6) is 1.49. The number of aliphatic hydroxyl groups excluding tert-OH is 1. The van der Waals surface area contributed by atoms with Crippen LogP contribution in [0.5, 0.6) is 0 Å². The number of ether oxygens (including phenoxy) is 2. The molecule has 3 aromatic rings. The lowest BCUT2D eigenvalue weighted by molar-refractivity contribution is -0.191. The summed E-state index contributed by atoms with van der Waals surface area (Å²) in [6.07, 6.45) is 2.04. The van der Waals surface area contributed by atoms with E-state index >= 15 is 0 Å². The standard InChI is InChI=1S/C25H28ClN5O6.CO2/c1-5-25(35)17(12-36-16(23(33)34)11-15-9-7-6-8-10-15)37-22(19(25)32)31-13-27-18-20(30(4)14(2)3)28-24(26)29-21(18)31;2-1-3/h1,6-10,13-14,16-17,19,22,32,35H,11-12H2,2-4H3,(H,33,34);/t16?,17-,19+,22-,25-;/m1./s1.